The zero-order valence-corrected chi connectivity index (χ0v) is 10.2. The maximum atomic E-state index is 12.6. The average Bonchev–Trinajstić information content (AvgIpc) is 2.18. The third-order valence-corrected chi connectivity index (χ3v) is 3.10. The summed E-state index contributed by atoms with van der Waals surface area (Å²) in [6, 6.07) is 1.66. The molecule has 1 rings (SSSR count). The largest absolute Gasteiger partial charge is 0.418 e. The third-order valence-electron chi connectivity index (χ3n) is 1.90. The summed E-state index contributed by atoms with van der Waals surface area (Å²) in [5.41, 5.74) is -2.65. The van der Waals surface area contributed by atoms with Crippen LogP contribution in [0, 0.1) is 14.9 Å². The summed E-state index contributed by atoms with van der Waals surface area (Å²) in [6.07, 6.45) is -8.12. The van der Waals surface area contributed by atoms with Crippen LogP contribution in [-0.2, 0) is 12.6 Å². The quantitative estimate of drug-likeness (QED) is 0.594. The van der Waals surface area contributed by atoms with Gasteiger partial charge in [-0.05, 0) is 22.6 Å². The molecule has 0 amide bonds. The first-order valence-corrected chi connectivity index (χ1v) is 5.26. The molecule has 0 atom stereocenters. The lowest BCUT2D eigenvalue weighted by Crippen LogP contribution is -2.13. The Bertz CT molecular complexity index is 464. The van der Waals surface area contributed by atoms with Gasteiger partial charge in [0, 0.05) is 15.3 Å². The van der Waals surface area contributed by atoms with Crippen molar-refractivity contribution in [3.8, 4) is 6.07 Å². The number of nitriles is 1. The summed E-state index contributed by atoms with van der Waals surface area (Å²) in [5, 5.41) is 8.40. The lowest BCUT2D eigenvalue weighted by Gasteiger charge is -2.14. The van der Waals surface area contributed by atoms with E-state index in [9.17, 15) is 22.0 Å². The van der Waals surface area contributed by atoms with Crippen LogP contribution in [0.15, 0.2) is 6.20 Å². The van der Waals surface area contributed by atoms with Gasteiger partial charge in [-0.3, -0.25) is 4.98 Å². The Labute approximate surface area is 107 Å². The van der Waals surface area contributed by atoms with Gasteiger partial charge in [-0.25, -0.2) is 8.78 Å². The smallest absolute Gasteiger partial charge is 0.258 e. The molecule has 0 aromatic carbocycles. The maximum Gasteiger partial charge on any atom is 0.418 e. The van der Waals surface area contributed by atoms with E-state index >= 15 is 0 Å². The number of aromatic nitrogens is 1. The Morgan fingerprint density at radius 3 is 2.41 bits per heavy atom. The minimum absolute atomic E-state index is 0.0728. The van der Waals surface area contributed by atoms with E-state index in [1.807, 2.05) is 0 Å². The first-order valence-electron chi connectivity index (χ1n) is 4.18. The van der Waals surface area contributed by atoms with Crippen molar-refractivity contribution in [1.82, 2.24) is 4.98 Å². The fraction of sp³-hybridized carbons (Fsp3) is 0.333. The highest BCUT2D eigenvalue weighted by Crippen LogP contribution is 2.38. The van der Waals surface area contributed by atoms with E-state index in [0.717, 1.165) is 0 Å². The van der Waals surface area contributed by atoms with Crippen LogP contribution >= 0.6 is 22.6 Å². The van der Waals surface area contributed by atoms with E-state index < -0.39 is 23.7 Å². The summed E-state index contributed by atoms with van der Waals surface area (Å²) >= 11 is 1.35. The molecule has 0 unspecified atom stereocenters. The number of hydrogen-bond donors (Lipinski definition) is 0. The average molecular weight is 362 g/mol. The van der Waals surface area contributed by atoms with E-state index in [1.165, 1.54) is 22.6 Å². The van der Waals surface area contributed by atoms with E-state index in [-0.39, 0.29) is 15.7 Å². The fourth-order valence-corrected chi connectivity index (χ4v) is 2.04. The Hall–Kier alpha value is -0.980. The van der Waals surface area contributed by atoms with Gasteiger partial charge in [-0.1, -0.05) is 0 Å². The molecular formula is C9H4F5IN2. The molecule has 0 N–H and O–H groups in total. The van der Waals surface area contributed by atoms with E-state index in [2.05, 4.69) is 4.98 Å². The molecule has 8 heteroatoms. The molecule has 0 saturated carbocycles. The van der Waals surface area contributed by atoms with Gasteiger partial charge in [-0.15, -0.1) is 0 Å². The summed E-state index contributed by atoms with van der Waals surface area (Å²) in [4.78, 5) is 3.39. The molecular weight excluding hydrogens is 358 g/mol. The van der Waals surface area contributed by atoms with Crippen LogP contribution in [0.2, 0.25) is 0 Å². The standard InChI is InChI=1S/C9H4F5IN2/c10-8(11)6-4(9(12,13)14)3-17-5(1-2-16)7(6)15/h3,8H,1H2. The van der Waals surface area contributed by atoms with Crippen LogP contribution in [-0.4, -0.2) is 4.98 Å². The minimum Gasteiger partial charge on any atom is -0.258 e. The van der Waals surface area contributed by atoms with Crippen molar-refractivity contribution in [1.29, 1.82) is 5.26 Å². The molecule has 0 saturated heterocycles. The second-order valence-electron chi connectivity index (χ2n) is 2.98. The van der Waals surface area contributed by atoms with Crippen LogP contribution in [0.1, 0.15) is 23.2 Å². The number of hydrogen-bond acceptors (Lipinski definition) is 2. The lowest BCUT2D eigenvalue weighted by atomic mass is 10.1. The summed E-state index contributed by atoms with van der Waals surface area (Å²) in [6.45, 7) is 0. The molecule has 92 valence electrons. The molecule has 0 aliphatic heterocycles. The fourth-order valence-electron chi connectivity index (χ4n) is 1.18. The maximum absolute atomic E-state index is 12.6. The molecule has 0 radical (unpaired) electrons. The van der Waals surface area contributed by atoms with E-state index in [0.29, 0.717) is 6.20 Å². The molecule has 1 aromatic heterocycles. The van der Waals surface area contributed by atoms with E-state index in [1.54, 1.807) is 6.07 Å². The number of pyridine rings is 1. The van der Waals surface area contributed by atoms with Gasteiger partial charge in [-0.2, -0.15) is 18.4 Å². The van der Waals surface area contributed by atoms with Crippen LogP contribution in [0.25, 0.3) is 0 Å². The first-order chi connectivity index (χ1) is 7.79. The monoisotopic (exact) mass is 362 g/mol. The van der Waals surface area contributed by atoms with Gasteiger partial charge < -0.3 is 0 Å². The van der Waals surface area contributed by atoms with Gasteiger partial charge in [0.2, 0.25) is 0 Å². The Morgan fingerprint density at radius 2 is 2.00 bits per heavy atom. The highest BCUT2D eigenvalue weighted by Gasteiger charge is 2.38. The highest BCUT2D eigenvalue weighted by molar-refractivity contribution is 14.1. The number of nitrogens with zero attached hydrogens (tertiary/aromatic N) is 2. The molecule has 1 aromatic rings. The van der Waals surface area contributed by atoms with Crippen molar-refractivity contribution in [2.75, 3.05) is 0 Å². The molecule has 1 heterocycles. The molecule has 0 aliphatic carbocycles. The van der Waals surface area contributed by atoms with Gasteiger partial charge in [0.15, 0.2) is 0 Å². The van der Waals surface area contributed by atoms with Crippen molar-refractivity contribution in [3.05, 3.63) is 26.6 Å². The second-order valence-corrected chi connectivity index (χ2v) is 4.06. The minimum atomic E-state index is -4.89. The summed E-state index contributed by atoms with van der Waals surface area (Å²) in [5.74, 6) is 0. The highest BCUT2D eigenvalue weighted by atomic mass is 127. The van der Waals surface area contributed by atoms with Gasteiger partial charge >= 0.3 is 6.18 Å². The zero-order chi connectivity index (χ0) is 13.2. The van der Waals surface area contributed by atoms with Crippen LogP contribution in [0.3, 0.4) is 0 Å². The molecule has 0 aliphatic rings. The number of alkyl halides is 5. The van der Waals surface area contributed by atoms with Crippen LogP contribution < -0.4 is 0 Å². The summed E-state index contributed by atoms with van der Waals surface area (Å²) < 4.78 is 62.3. The van der Waals surface area contributed by atoms with Gasteiger partial charge in [0.05, 0.1) is 23.7 Å². The lowest BCUT2D eigenvalue weighted by molar-refractivity contribution is -0.139. The molecule has 0 bridgehead atoms. The van der Waals surface area contributed by atoms with Crippen LogP contribution in [0.5, 0.6) is 0 Å². The van der Waals surface area contributed by atoms with Crippen LogP contribution in [0.4, 0.5) is 22.0 Å². The van der Waals surface area contributed by atoms with Crippen molar-refractivity contribution in [3.63, 3.8) is 0 Å². The molecule has 0 fully saturated rings. The SMILES string of the molecule is N#CCc1ncc(C(F)(F)F)c(C(F)F)c1I. The Morgan fingerprint density at radius 1 is 1.41 bits per heavy atom. The zero-order valence-electron chi connectivity index (χ0n) is 8.02. The Balaban J connectivity index is 3.46. The van der Waals surface area contributed by atoms with Crippen molar-refractivity contribution in [2.45, 2.75) is 19.0 Å². The third kappa shape index (κ3) is 3.02. The number of halogens is 6. The summed E-state index contributed by atoms with van der Waals surface area (Å²) in [7, 11) is 0. The topological polar surface area (TPSA) is 36.7 Å². The normalized spacial score (nSPS) is 11.6. The molecule has 2 nitrogen and oxygen atoms in total. The Kier molecular flexibility index (Phi) is 4.24. The molecule has 17 heavy (non-hydrogen) atoms. The van der Waals surface area contributed by atoms with Crippen molar-refractivity contribution < 1.29 is 22.0 Å². The van der Waals surface area contributed by atoms with Crippen molar-refractivity contribution >= 4 is 22.6 Å². The second kappa shape index (κ2) is 5.12. The first kappa shape index (κ1) is 14.1. The van der Waals surface area contributed by atoms with Crippen molar-refractivity contribution in [2.24, 2.45) is 0 Å². The van der Waals surface area contributed by atoms with E-state index in [4.69, 9.17) is 5.26 Å². The molecule has 0 spiro atoms. The van der Waals surface area contributed by atoms with Gasteiger partial charge in [0.1, 0.15) is 0 Å². The predicted octanol–water partition coefficient (Wildman–Crippen LogP) is 3.71. The number of rotatable bonds is 2. The predicted molar refractivity (Wildman–Crippen MR) is 56.2 cm³/mol. The van der Waals surface area contributed by atoms with Gasteiger partial charge in [0.25, 0.3) is 6.43 Å².